The fourth-order valence-corrected chi connectivity index (χ4v) is 4.18. The Kier molecular flexibility index (Phi) is 5.07. The van der Waals surface area contributed by atoms with Crippen LogP contribution in [0.25, 0.3) is 0 Å². The minimum absolute atomic E-state index is 0.381. The molecule has 0 radical (unpaired) electrons. The van der Waals surface area contributed by atoms with E-state index in [0.29, 0.717) is 23.6 Å². The highest BCUT2D eigenvalue weighted by atomic mass is 16.5. The van der Waals surface area contributed by atoms with E-state index in [1.165, 1.54) is 14.2 Å². The minimum atomic E-state index is -1.09. The van der Waals surface area contributed by atoms with Gasteiger partial charge in [0.2, 0.25) is 5.91 Å². The normalized spacial score (nSPS) is 20.0. The van der Waals surface area contributed by atoms with Gasteiger partial charge in [-0.15, -0.1) is 0 Å². The topological polar surface area (TPSA) is 97.0 Å². The van der Waals surface area contributed by atoms with Crippen molar-refractivity contribution < 1.29 is 23.9 Å². The number of ether oxygens (including phenoxy) is 2. The average Bonchev–Trinajstić information content (AvgIpc) is 2.98. The van der Waals surface area contributed by atoms with Crippen LogP contribution >= 0.6 is 0 Å². The van der Waals surface area contributed by atoms with Crippen LogP contribution in [0.5, 0.6) is 11.5 Å². The zero-order valence-electron chi connectivity index (χ0n) is 16.9. The first kappa shape index (κ1) is 19.8. The van der Waals surface area contributed by atoms with Crippen molar-refractivity contribution in [2.24, 2.45) is 0 Å². The highest BCUT2D eigenvalue weighted by molar-refractivity contribution is 6.10. The Balaban J connectivity index is 1.53. The van der Waals surface area contributed by atoms with Crippen LogP contribution in [0.15, 0.2) is 42.5 Å². The maximum atomic E-state index is 13.3. The van der Waals surface area contributed by atoms with Crippen molar-refractivity contribution >= 4 is 23.5 Å². The summed E-state index contributed by atoms with van der Waals surface area (Å²) in [7, 11) is 3.02. The molecule has 1 saturated heterocycles. The molecule has 8 heteroatoms. The number of carbonyl (C=O) groups excluding carboxylic acids is 3. The van der Waals surface area contributed by atoms with Crippen LogP contribution in [0.1, 0.15) is 24.0 Å². The lowest BCUT2D eigenvalue weighted by atomic mass is 9.76. The molecule has 1 atom stereocenters. The number of aryl methyl sites for hydroxylation is 1. The number of hydrogen-bond acceptors (Lipinski definition) is 5. The molecule has 0 unspecified atom stereocenters. The molecule has 2 aromatic carbocycles. The van der Waals surface area contributed by atoms with Gasteiger partial charge in [-0.25, -0.2) is 4.79 Å². The predicted octanol–water partition coefficient (Wildman–Crippen LogP) is 2.43. The van der Waals surface area contributed by atoms with Crippen molar-refractivity contribution in [1.82, 2.24) is 10.2 Å². The van der Waals surface area contributed by atoms with Crippen molar-refractivity contribution in [2.75, 3.05) is 26.1 Å². The number of nitrogens with zero attached hydrogens (tertiary/aromatic N) is 1. The van der Waals surface area contributed by atoms with Gasteiger partial charge in [0.05, 0.1) is 14.2 Å². The Morgan fingerprint density at radius 1 is 1.13 bits per heavy atom. The highest BCUT2D eigenvalue weighted by Crippen LogP contribution is 2.39. The number of nitrogens with one attached hydrogen (secondary N) is 2. The number of anilines is 1. The summed E-state index contributed by atoms with van der Waals surface area (Å²) in [5.74, 6) is 0.141. The second-order valence-electron chi connectivity index (χ2n) is 7.39. The van der Waals surface area contributed by atoms with Crippen molar-refractivity contribution in [3.63, 3.8) is 0 Å². The SMILES string of the molecule is COc1cc(NC(=O)CN2C(=O)N[C@@]3(CCCc4ccccc43)C2=O)cc(OC)c1. The molecule has 2 aromatic rings. The van der Waals surface area contributed by atoms with E-state index < -0.39 is 23.4 Å². The summed E-state index contributed by atoms with van der Waals surface area (Å²) in [6, 6.07) is 12.0. The Morgan fingerprint density at radius 2 is 1.83 bits per heavy atom. The van der Waals surface area contributed by atoms with Gasteiger partial charge in [-0.3, -0.25) is 14.5 Å². The molecular formula is C22H23N3O5. The number of methoxy groups -OCH3 is 2. The van der Waals surface area contributed by atoms with Gasteiger partial charge in [0, 0.05) is 23.9 Å². The first-order valence-corrected chi connectivity index (χ1v) is 9.72. The molecule has 4 amide bonds. The van der Waals surface area contributed by atoms with E-state index >= 15 is 0 Å². The van der Waals surface area contributed by atoms with E-state index in [1.54, 1.807) is 18.2 Å². The smallest absolute Gasteiger partial charge is 0.325 e. The largest absolute Gasteiger partial charge is 0.497 e. The number of urea groups is 1. The van der Waals surface area contributed by atoms with Crippen LogP contribution in [-0.4, -0.2) is 43.5 Å². The van der Waals surface area contributed by atoms with Crippen molar-refractivity contribution in [2.45, 2.75) is 24.8 Å². The third-order valence-corrected chi connectivity index (χ3v) is 5.59. The number of fused-ring (bicyclic) bond motifs is 2. The number of imide groups is 1. The quantitative estimate of drug-likeness (QED) is 0.740. The van der Waals surface area contributed by atoms with Gasteiger partial charge in [-0.2, -0.15) is 0 Å². The third kappa shape index (κ3) is 3.34. The summed E-state index contributed by atoms with van der Waals surface area (Å²) >= 11 is 0. The van der Waals surface area contributed by atoms with Gasteiger partial charge in [0.15, 0.2) is 0 Å². The maximum absolute atomic E-state index is 13.3. The molecule has 0 bridgehead atoms. The van der Waals surface area contributed by atoms with Crippen molar-refractivity contribution in [3.05, 3.63) is 53.6 Å². The molecule has 2 aliphatic rings. The standard InChI is InChI=1S/C22H23N3O5/c1-29-16-10-15(11-17(12-16)30-2)23-19(26)13-25-20(27)22(24-21(25)28)9-5-7-14-6-3-4-8-18(14)22/h3-4,6,8,10-12H,5,7,9,13H2,1-2H3,(H,23,26)(H,24,28)/t22-/m1/s1. The average molecular weight is 409 g/mol. The van der Waals surface area contributed by atoms with E-state index in [-0.39, 0.29) is 6.54 Å². The Hall–Kier alpha value is -3.55. The third-order valence-electron chi connectivity index (χ3n) is 5.59. The summed E-state index contributed by atoms with van der Waals surface area (Å²) in [6.45, 7) is -0.381. The zero-order chi connectivity index (χ0) is 21.3. The second-order valence-corrected chi connectivity index (χ2v) is 7.39. The first-order chi connectivity index (χ1) is 14.5. The minimum Gasteiger partial charge on any atom is -0.497 e. The number of rotatable bonds is 5. The van der Waals surface area contributed by atoms with Crippen LogP contribution in [-0.2, 0) is 21.5 Å². The van der Waals surface area contributed by atoms with Crippen LogP contribution in [0.3, 0.4) is 0 Å². The molecule has 0 aromatic heterocycles. The van der Waals surface area contributed by atoms with Gasteiger partial charge >= 0.3 is 6.03 Å². The van der Waals surface area contributed by atoms with Crippen molar-refractivity contribution in [1.29, 1.82) is 0 Å². The van der Waals surface area contributed by atoms with E-state index in [2.05, 4.69) is 10.6 Å². The number of hydrogen-bond donors (Lipinski definition) is 2. The lowest BCUT2D eigenvalue weighted by Gasteiger charge is -2.33. The number of amides is 4. The van der Waals surface area contributed by atoms with E-state index in [0.717, 1.165) is 28.9 Å². The summed E-state index contributed by atoms with van der Waals surface area (Å²) in [5.41, 5.74) is 1.22. The Morgan fingerprint density at radius 3 is 2.53 bits per heavy atom. The number of benzene rings is 2. The van der Waals surface area contributed by atoms with Crippen LogP contribution in [0, 0.1) is 0 Å². The summed E-state index contributed by atoms with van der Waals surface area (Å²) in [6.07, 6.45) is 2.16. The Labute approximate surface area is 174 Å². The maximum Gasteiger partial charge on any atom is 0.325 e. The zero-order valence-corrected chi connectivity index (χ0v) is 16.9. The summed E-state index contributed by atoms with van der Waals surface area (Å²) < 4.78 is 10.4. The van der Waals surface area contributed by atoms with E-state index in [1.807, 2.05) is 24.3 Å². The molecule has 1 heterocycles. The lowest BCUT2D eigenvalue weighted by molar-refractivity contribution is -0.134. The van der Waals surface area contributed by atoms with Crippen LogP contribution in [0.2, 0.25) is 0 Å². The fraction of sp³-hybridized carbons (Fsp3) is 0.318. The van der Waals surface area contributed by atoms with Gasteiger partial charge < -0.3 is 20.1 Å². The molecule has 1 fully saturated rings. The van der Waals surface area contributed by atoms with E-state index in [4.69, 9.17) is 9.47 Å². The molecule has 2 N–H and O–H groups in total. The molecule has 1 aliphatic carbocycles. The predicted molar refractivity (Wildman–Crippen MR) is 109 cm³/mol. The van der Waals surface area contributed by atoms with Gasteiger partial charge in [-0.1, -0.05) is 24.3 Å². The molecule has 8 nitrogen and oxygen atoms in total. The van der Waals surface area contributed by atoms with Gasteiger partial charge in [0.25, 0.3) is 5.91 Å². The molecular weight excluding hydrogens is 386 g/mol. The van der Waals surface area contributed by atoms with Gasteiger partial charge in [0.1, 0.15) is 23.6 Å². The van der Waals surface area contributed by atoms with Crippen LogP contribution < -0.4 is 20.1 Å². The second kappa shape index (κ2) is 7.70. The summed E-state index contributed by atoms with van der Waals surface area (Å²) in [5, 5.41) is 5.55. The number of carbonyl (C=O) groups is 3. The van der Waals surface area contributed by atoms with Crippen LogP contribution in [0.4, 0.5) is 10.5 Å². The monoisotopic (exact) mass is 409 g/mol. The molecule has 156 valence electrons. The molecule has 4 rings (SSSR count). The summed E-state index contributed by atoms with van der Waals surface area (Å²) in [4.78, 5) is 39.5. The lowest BCUT2D eigenvalue weighted by Crippen LogP contribution is -2.47. The molecule has 1 spiro atoms. The molecule has 1 aliphatic heterocycles. The van der Waals surface area contributed by atoms with Crippen molar-refractivity contribution in [3.8, 4) is 11.5 Å². The molecule has 30 heavy (non-hydrogen) atoms. The van der Waals surface area contributed by atoms with Gasteiger partial charge in [-0.05, 0) is 30.4 Å². The first-order valence-electron chi connectivity index (χ1n) is 9.72. The molecule has 0 saturated carbocycles. The fourth-order valence-electron chi connectivity index (χ4n) is 4.18. The highest BCUT2D eigenvalue weighted by Gasteiger charge is 2.54. The van der Waals surface area contributed by atoms with E-state index in [9.17, 15) is 14.4 Å². The Bertz CT molecular complexity index is 999.